The summed E-state index contributed by atoms with van der Waals surface area (Å²) in [5.74, 6) is -1.35. The number of hydrogen-bond acceptors (Lipinski definition) is 5. The zero-order valence-electron chi connectivity index (χ0n) is 16.6. The number of hydrogen-bond donors (Lipinski definition) is 1. The molecule has 0 radical (unpaired) electrons. The first-order valence-electron chi connectivity index (χ1n) is 9.43. The van der Waals surface area contributed by atoms with Gasteiger partial charge in [0.05, 0.1) is 18.5 Å². The minimum absolute atomic E-state index is 0.0713. The standard InChI is InChI=1S/C24H18N2O5/c1-31-21-15-16(12-13-20(21)27)14-19-22(28)25(17-8-4-2-5-9-17)24(30)26(23(19)29)18-10-6-3-7-11-18/h2-15,27H,1H3. The van der Waals surface area contributed by atoms with Gasteiger partial charge in [-0.3, -0.25) is 9.59 Å². The number of aromatic hydroxyl groups is 1. The Kier molecular flexibility index (Phi) is 5.24. The number of carbonyl (C=O) groups is 3. The fraction of sp³-hybridized carbons (Fsp3) is 0.0417. The van der Waals surface area contributed by atoms with Crippen LogP contribution in [0, 0.1) is 0 Å². The van der Waals surface area contributed by atoms with Crippen molar-refractivity contribution in [1.82, 2.24) is 0 Å². The summed E-state index contributed by atoms with van der Waals surface area (Å²) >= 11 is 0. The number of anilines is 2. The maximum atomic E-state index is 13.3. The van der Waals surface area contributed by atoms with Crippen LogP contribution in [0.1, 0.15) is 5.56 Å². The van der Waals surface area contributed by atoms with Crippen LogP contribution in [-0.2, 0) is 9.59 Å². The Bertz CT molecular complexity index is 1130. The van der Waals surface area contributed by atoms with E-state index in [4.69, 9.17) is 4.74 Å². The number of benzene rings is 3. The topological polar surface area (TPSA) is 87.2 Å². The maximum absolute atomic E-state index is 13.3. The van der Waals surface area contributed by atoms with E-state index in [0.29, 0.717) is 16.9 Å². The molecular weight excluding hydrogens is 396 g/mol. The van der Waals surface area contributed by atoms with Crippen molar-refractivity contribution in [2.24, 2.45) is 0 Å². The predicted octanol–water partition coefficient (Wildman–Crippen LogP) is 3.98. The summed E-state index contributed by atoms with van der Waals surface area (Å²) in [4.78, 5) is 41.7. The average molecular weight is 414 g/mol. The number of methoxy groups -OCH3 is 1. The third-order valence-electron chi connectivity index (χ3n) is 4.79. The van der Waals surface area contributed by atoms with Gasteiger partial charge < -0.3 is 9.84 Å². The van der Waals surface area contributed by atoms with E-state index in [-0.39, 0.29) is 17.1 Å². The van der Waals surface area contributed by atoms with E-state index >= 15 is 0 Å². The summed E-state index contributed by atoms with van der Waals surface area (Å²) in [5.41, 5.74) is 0.960. The predicted molar refractivity (Wildman–Crippen MR) is 116 cm³/mol. The summed E-state index contributed by atoms with van der Waals surface area (Å²) in [6, 6.07) is 20.5. The fourth-order valence-corrected chi connectivity index (χ4v) is 3.29. The number of nitrogens with zero attached hydrogens (tertiary/aromatic N) is 2. The first-order valence-corrected chi connectivity index (χ1v) is 9.43. The second-order valence-electron chi connectivity index (χ2n) is 6.72. The summed E-state index contributed by atoms with van der Waals surface area (Å²) in [7, 11) is 1.40. The minimum atomic E-state index is -0.757. The highest BCUT2D eigenvalue weighted by molar-refractivity contribution is 6.46. The lowest BCUT2D eigenvalue weighted by molar-refractivity contribution is -0.121. The van der Waals surface area contributed by atoms with Crippen LogP contribution >= 0.6 is 0 Å². The van der Waals surface area contributed by atoms with Gasteiger partial charge in [-0.25, -0.2) is 14.6 Å². The summed E-state index contributed by atoms with van der Waals surface area (Å²) in [5, 5.41) is 9.82. The molecule has 3 aromatic carbocycles. The zero-order chi connectivity index (χ0) is 22.0. The van der Waals surface area contributed by atoms with Crippen LogP contribution in [0.15, 0.2) is 84.4 Å². The van der Waals surface area contributed by atoms with E-state index in [9.17, 15) is 19.5 Å². The van der Waals surface area contributed by atoms with Crippen molar-refractivity contribution in [3.63, 3.8) is 0 Å². The molecule has 1 N–H and O–H groups in total. The van der Waals surface area contributed by atoms with Gasteiger partial charge >= 0.3 is 6.03 Å². The van der Waals surface area contributed by atoms with Crippen LogP contribution < -0.4 is 14.5 Å². The number of phenolic OH excluding ortho intramolecular Hbond substituents is 1. The Morgan fingerprint density at radius 2 is 1.29 bits per heavy atom. The highest BCUT2D eigenvalue weighted by Crippen LogP contribution is 2.31. The van der Waals surface area contributed by atoms with Crippen molar-refractivity contribution in [1.29, 1.82) is 0 Å². The number of ether oxygens (including phenoxy) is 1. The van der Waals surface area contributed by atoms with Gasteiger partial charge in [0, 0.05) is 0 Å². The maximum Gasteiger partial charge on any atom is 0.343 e. The summed E-state index contributed by atoms with van der Waals surface area (Å²) in [6.45, 7) is 0. The van der Waals surface area contributed by atoms with Crippen molar-refractivity contribution < 1.29 is 24.2 Å². The number of imide groups is 2. The van der Waals surface area contributed by atoms with E-state index in [2.05, 4.69) is 0 Å². The van der Waals surface area contributed by atoms with Crippen LogP contribution in [0.5, 0.6) is 11.5 Å². The van der Waals surface area contributed by atoms with Gasteiger partial charge in [0.25, 0.3) is 11.8 Å². The Balaban J connectivity index is 1.86. The quantitative estimate of drug-likeness (QED) is 0.515. The third-order valence-corrected chi connectivity index (χ3v) is 4.79. The number of rotatable bonds is 4. The van der Waals surface area contributed by atoms with E-state index in [1.165, 1.54) is 25.3 Å². The largest absolute Gasteiger partial charge is 0.504 e. The molecule has 0 aromatic heterocycles. The smallest absolute Gasteiger partial charge is 0.343 e. The molecular formula is C24H18N2O5. The van der Waals surface area contributed by atoms with Gasteiger partial charge in [0.2, 0.25) is 0 Å². The molecule has 0 aliphatic carbocycles. The van der Waals surface area contributed by atoms with Crippen molar-refractivity contribution in [2.45, 2.75) is 0 Å². The second-order valence-corrected chi connectivity index (χ2v) is 6.72. The third kappa shape index (κ3) is 3.64. The lowest BCUT2D eigenvalue weighted by Gasteiger charge is -2.33. The van der Waals surface area contributed by atoms with Gasteiger partial charge in [-0.15, -0.1) is 0 Å². The summed E-state index contributed by atoms with van der Waals surface area (Å²) in [6.07, 6.45) is 1.38. The van der Waals surface area contributed by atoms with Crippen LogP contribution in [0.3, 0.4) is 0 Å². The highest BCUT2D eigenvalue weighted by Gasteiger charge is 2.43. The molecule has 3 aromatic rings. The van der Waals surface area contributed by atoms with E-state index in [1.54, 1.807) is 66.7 Å². The van der Waals surface area contributed by atoms with E-state index < -0.39 is 17.8 Å². The van der Waals surface area contributed by atoms with Crippen LogP contribution in [0.25, 0.3) is 6.08 Å². The molecule has 154 valence electrons. The molecule has 0 atom stereocenters. The first-order chi connectivity index (χ1) is 15.0. The Morgan fingerprint density at radius 1 is 0.774 bits per heavy atom. The SMILES string of the molecule is COc1cc(C=C2C(=O)N(c3ccccc3)C(=O)N(c3ccccc3)C2=O)ccc1O. The van der Waals surface area contributed by atoms with Crippen LogP contribution in [0.4, 0.5) is 16.2 Å². The highest BCUT2D eigenvalue weighted by atomic mass is 16.5. The second kappa shape index (κ2) is 8.16. The summed E-state index contributed by atoms with van der Waals surface area (Å²) < 4.78 is 5.10. The van der Waals surface area contributed by atoms with Gasteiger partial charge in [0.15, 0.2) is 11.5 Å². The Labute approximate surface area is 178 Å². The van der Waals surface area contributed by atoms with E-state index in [1.807, 2.05) is 0 Å². The number of phenols is 1. The van der Waals surface area contributed by atoms with Crippen molar-refractivity contribution in [3.05, 3.63) is 90.0 Å². The lowest BCUT2D eigenvalue weighted by Crippen LogP contribution is -2.57. The molecule has 1 heterocycles. The monoisotopic (exact) mass is 414 g/mol. The molecule has 7 nitrogen and oxygen atoms in total. The molecule has 0 saturated carbocycles. The van der Waals surface area contributed by atoms with Gasteiger partial charge in [-0.2, -0.15) is 0 Å². The number of para-hydroxylation sites is 2. The molecule has 0 unspecified atom stereocenters. The molecule has 0 spiro atoms. The van der Waals surface area contributed by atoms with Gasteiger partial charge in [-0.05, 0) is 48.0 Å². The van der Waals surface area contributed by atoms with Crippen molar-refractivity contribution >= 4 is 35.3 Å². The molecule has 4 amide bonds. The number of amides is 4. The molecule has 1 aliphatic rings. The molecule has 1 fully saturated rings. The van der Waals surface area contributed by atoms with Gasteiger partial charge in [0.1, 0.15) is 5.57 Å². The Morgan fingerprint density at radius 3 is 1.77 bits per heavy atom. The minimum Gasteiger partial charge on any atom is -0.504 e. The first kappa shape index (κ1) is 19.9. The van der Waals surface area contributed by atoms with E-state index in [0.717, 1.165) is 9.80 Å². The van der Waals surface area contributed by atoms with Crippen LogP contribution in [-0.4, -0.2) is 30.1 Å². The van der Waals surface area contributed by atoms with Crippen LogP contribution in [0.2, 0.25) is 0 Å². The van der Waals surface area contributed by atoms with Crippen molar-refractivity contribution in [2.75, 3.05) is 16.9 Å². The molecule has 1 saturated heterocycles. The van der Waals surface area contributed by atoms with Crippen molar-refractivity contribution in [3.8, 4) is 11.5 Å². The Hall–Kier alpha value is -4.39. The normalized spacial score (nSPS) is 14.1. The lowest BCUT2D eigenvalue weighted by atomic mass is 10.0. The number of barbiturate groups is 1. The molecule has 0 bridgehead atoms. The molecule has 31 heavy (non-hydrogen) atoms. The molecule has 7 heteroatoms. The average Bonchev–Trinajstić information content (AvgIpc) is 2.79. The molecule has 4 rings (SSSR count). The zero-order valence-corrected chi connectivity index (χ0v) is 16.6. The fourth-order valence-electron chi connectivity index (χ4n) is 3.29. The number of urea groups is 1. The number of carbonyl (C=O) groups excluding carboxylic acids is 3. The van der Waals surface area contributed by atoms with Gasteiger partial charge in [-0.1, -0.05) is 42.5 Å². The molecule has 1 aliphatic heterocycles.